The van der Waals surface area contributed by atoms with E-state index < -0.39 is 0 Å². The molecular weight excluding hydrogens is 160 g/mol. The van der Waals surface area contributed by atoms with E-state index in [1.165, 1.54) is 0 Å². The van der Waals surface area contributed by atoms with E-state index in [1.807, 2.05) is 31.2 Å². The number of pyridine rings is 1. The monoisotopic (exact) mass is 168 g/mol. The minimum Gasteiger partial charge on any atom is -0.256 e. The van der Waals surface area contributed by atoms with E-state index in [4.69, 9.17) is 6.57 Å². The quantitative estimate of drug-likeness (QED) is 0.552. The third kappa shape index (κ3) is 1.25. The Hall–Kier alpha value is -1.88. The van der Waals surface area contributed by atoms with Gasteiger partial charge in [-0.15, -0.1) is 0 Å². The van der Waals surface area contributed by atoms with Crippen LogP contribution in [0.25, 0.3) is 15.7 Å². The third-order valence-corrected chi connectivity index (χ3v) is 2.01. The molecule has 0 saturated carbocycles. The van der Waals surface area contributed by atoms with Crippen LogP contribution in [0.15, 0.2) is 30.5 Å². The molecule has 1 aromatic heterocycles. The Balaban J connectivity index is 2.86. The summed E-state index contributed by atoms with van der Waals surface area (Å²) in [6.45, 7) is 8.90. The second kappa shape index (κ2) is 2.87. The van der Waals surface area contributed by atoms with Crippen molar-refractivity contribution in [2.45, 2.75) is 6.92 Å². The van der Waals surface area contributed by atoms with E-state index in [-0.39, 0.29) is 0 Å². The van der Waals surface area contributed by atoms with Gasteiger partial charge < -0.3 is 0 Å². The molecule has 0 N–H and O–H groups in total. The van der Waals surface area contributed by atoms with Crippen molar-refractivity contribution in [2.75, 3.05) is 0 Å². The van der Waals surface area contributed by atoms with Gasteiger partial charge in [0.25, 0.3) is 0 Å². The average molecular weight is 168 g/mol. The van der Waals surface area contributed by atoms with E-state index >= 15 is 0 Å². The number of fused-ring (bicyclic) bond motifs is 1. The highest BCUT2D eigenvalue weighted by Crippen LogP contribution is 2.23. The van der Waals surface area contributed by atoms with Crippen molar-refractivity contribution in [1.29, 1.82) is 0 Å². The summed E-state index contributed by atoms with van der Waals surface area (Å²) in [5, 5.41) is 1.04. The molecule has 0 unspecified atom stereocenters. The molecular formula is C11H8N2. The Labute approximate surface area is 76.7 Å². The Morgan fingerprint density at radius 2 is 2.23 bits per heavy atom. The molecule has 1 heterocycles. The van der Waals surface area contributed by atoms with Crippen LogP contribution in [0.4, 0.5) is 5.69 Å². The summed E-state index contributed by atoms with van der Waals surface area (Å²) in [6, 6.07) is 7.59. The van der Waals surface area contributed by atoms with E-state index in [9.17, 15) is 0 Å². The Bertz CT molecular complexity index is 495. The SMILES string of the molecule is [C-]#[N+]c1cc(C)c2ncccc2c1. The van der Waals surface area contributed by atoms with Gasteiger partial charge in [0, 0.05) is 6.20 Å². The van der Waals surface area contributed by atoms with Gasteiger partial charge in [0.2, 0.25) is 0 Å². The molecule has 0 atom stereocenters. The fourth-order valence-corrected chi connectivity index (χ4v) is 1.42. The van der Waals surface area contributed by atoms with Crippen LogP contribution < -0.4 is 0 Å². The minimum absolute atomic E-state index is 0.679. The molecule has 0 amide bonds. The second-order valence-corrected chi connectivity index (χ2v) is 2.95. The molecule has 0 aliphatic heterocycles. The lowest BCUT2D eigenvalue weighted by Crippen LogP contribution is -1.81. The summed E-state index contributed by atoms with van der Waals surface area (Å²) in [7, 11) is 0. The molecule has 0 bridgehead atoms. The van der Waals surface area contributed by atoms with Crippen molar-refractivity contribution < 1.29 is 0 Å². The highest BCUT2D eigenvalue weighted by atomic mass is 14.7. The summed E-state index contributed by atoms with van der Waals surface area (Å²) in [4.78, 5) is 7.66. The van der Waals surface area contributed by atoms with Crippen molar-refractivity contribution in [1.82, 2.24) is 4.98 Å². The molecule has 2 heteroatoms. The summed E-state index contributed by atoms with van der Waals surface area (Å²) in [5.74, 6) is 0. The van der Waals surface area contributed by atoms with E-state index in [0.717, 1.165) is 16.5 Å². The molecule has 62 valence electrons. The Kier molecular flexibility index (Phi) is 1.71. The van der Waals surface area contributed by atoms with E-state index in [1.54, 1.807) is 6.20 Å². The molecule has 1 aromatic carbocycles. The minimum atomic E-state index is 0.679. The van der Waals surface area contributed by atoms with Crippen molar-refractivity contribution in [3.05, 3.63) is 47.4 Å². The van der Waals surface area contributed by atoms with Gasteiger partial charge in [-0.1, -0.05) is 12.1 Å². The summed E-state index contributed by atoms with van der Waals surface area (Å²) in [6.07, 6.45) is 1.77. The zero-order chi connectivity index (χ0) is 9.26. The van der Waals surface area contributed by atoms with Crippen LogP contribution >= 0.6 is 0 Å². The summed E-state index contributed by atoms with van der Waals surface area (Å²) >= 11 is 0. The summed E-state index contributed by atoms with van der Waals surface area (Å²) < 4.78 is 0. The second-order valence-electron chi connectivity index (χ2n) is 2.95. The fraction of sp³-hybridized carbons (Fsp3) is 0.0909. The van der Waals surface area contributed by atoms with Crippen LogP contribution in [-0.2, 0) is 0 Å². The van der Waals surface area contributed by atoms with E-state index in [2.05, 4.69) is 9.83 Å². The lowest BCUT2D eigenvalue weighted by Gasteiger charge is -2.00. The first-order valence-electron chi connectivity index (χ1n) is 4.04. The van der Waals surface area contributed by atoms with Crippen LogP contribution in [0.1, 0.15) is 5.56 Å². The largest absolute Gasteiger partial charge is 0.256 e. The molecule has 13 heavy (non-hydrogen) atoms. The van der Waals surface area contributed by atoms with Gasteiger partial charge in [0.05, 0.1) is 12.1 Å². The van der Waals surface area contributed by atoms with Gasteiger partial charge in [-0.3, -0.25) is 4.98 Å². The lowest BCUT2D eigenvalue weighted by molar-refractivity contribution is 1.37. The van der Waals surface area contributed by atoms with Crippen LogP contribution in [-0.4, -0.2) is 4.98 Å². The molecule has 0 fully saturated rings. The van der Waals surface area contributed by atoms with Crippen LogP contribution in [0.5, 0.6) is 0 Å². The normalized spacial score (nSPS) is 9.85. The van der Waals surface area contributed by atoms with Crippen LogP contribution in [0.3, 0.4) is 0 Å². The number of nitrogens with zero attached hydrogens (tertiary/aromatic N) is 2. The highest BCUT2D eigenvalue weighted by Gasteiger charge is 1.99. The Morgan fingerprint density at radius 3 is 3.00 bits per heavy atom. The maximum absolute atomic E-state index is 6.92. The Morgan fingerprint density at radius 1 is 1.38 bits per heavy atom. The first-order chi connectivity index (χ1) is 6.31. The van der Waals surface area contributed by atoms with Crippen LogP contribution in [0.2, 0.25) is 0 Å². The van der Waals surface area contributed by atoms with Crippen molar-refractivity contribution in [2.24, 2.45) is 0 Å². The first-order valence-corrected chi connectivity index (χ1v) is 4.04. The maximum Gasteiger partial charge on any atom is 0.188 e. The first kappa shape index (κ1) is 7.75. The molecule has 2 rings (SSSR count). The maximum atomic E-state index is 6.92. The van der Waals surface area contributed by atoms with Crippen molar-refractivity contribution in [3.63, 3.8) is 0 Å². The van der Waals surface area contributed by atoms with Gasteiger partial charge in [0.1, 0.15) is 0 Å². The smallest absolute Gasteiger partial charge is 0.188 e. The number of hydrogen-bond donors (Lipinski definition) is 0. The zero-order valence-corrected chi connectivity index (χ0v) is 7.28. The number of benzene rings is 1. The molecule has 0 radical (unpaired) electrons. The standard InChI is InChI=1S/C11H8N2/c1-8-6-10(12-2)7-9-4-3-5-13-11(8)9/h3-7H,1H3. The highest BCUT2D eigenvalue weighted by molar-refractivity contribution is 5.85. The van der Waals surface area contributed by atoms with Gasteiger partial charge in [-0.25, -0.2) is 4.85 Å². The topological polar surface area (TPSA) is 17.2 Å². The van der Waals surface area contributed by atoms with Crippen molar-refractivity contribution >= 4 is 16.6 Å². The number of aryl methyl sites for hydroxylation is 1. The summed E-state index contributed by atoms with van der Waals surface area (Å²) in [5.41, 5.74) is 2.72. The predicted molar refractivity (Wildman–Crippen MR) is 52.7 cm³/mol. The molecule has 0 saturated heterocycles. The molecule has 0 spiro atoms. The number of rotatable bonds is 0. The van der Waals surface area contributed by atoms with Gasteiger partial charge >= 0.3 is 0 Å². The predicted octanol–water partition coefficient (Wildman–Crippen LogP) is 3.09. The van der Waals surface area contributed by atoms with Crippen LogP contribution in [0, 0.1) is 13.5 Å². The van der Waals surface area contributed by atoms with Gasteiger partial charge in [0.15, 0.2) is 5.69 Å². The lowest BCUT2D eigenvalue weighted by atomic mass is 10.1. The number of aromatic nitrogens is 1. The molecule has 2 nitrogen and oxygen atoms in total. The van der Waals surface area contributed by atoms with Gasteiger partial charge in [-0.05, 0) is 30.0 Å². The molecule has 0 aliphatic carbocycles. The average Bonchev–Trinajstić information content (AvgIpc) is 2.18. The van der Waals surface area contributed by atoms with Crippen molar-refractivity contribution in [3.8, 4) is 0 Å². The van der Waals surface area contributed by atoms with E-state index in [0.29, 0.717) is 5.69 Å². The number of hydrogen-bond acceptors (Lipinski definition) is 1. The zero-order valence-electron chi connectivity index (χ0n) is 7.28. The van der Waals surface area contributed by atoms with Gasteiger partial charge in [-0.2, -0.15) is 0 Å². The fourth-order valence-electron chi connectivity index (χ4n) is 1.42. The molecule has 0 aliphatic rings. The third-order valence-electron chi connectivity index (χ3n) is 2.01. The molecule has 2 aromatic rings.